The molecule has 2 N–H and O–H groups in total. The van der Waals surface area contributed by atoms with Gasteiger partial charge in [-0.1, -0.05) is 24.6 Å². The molecule has 2 rings (SSSR count). The van der Waals surface area contributed by atoms with E-state index in [0.717, 1.165) is 12.8 Å². The molecule has 0 unspecified atom stereocenters. The van der Waals surface area contributed by atoms with Crippen molar-refractivity contribution in [2.75, 3.05) is 0 Å². The van der Waals surface area contributed by atoms with Gasteiger partial charge in [0.05, 0.1) is 12.0 Å². The van der Waals surface area contributed by atoms with Crippen molar-refractivity contribution in [3.05, 3.63) is 29.8 Å². The van der Waals surface area contributed by atoms with Gasteiger partial charge in [-0.3, -0.25) is 9.59 Å². The zero-order chi connectivity index (χ0) is 16.2. The number of halogens is 2. The lowest BCUT2D eigenvalue weighted by atomic mass is 9.92. The number of benzene rings is 1. The number of alkyl halides is 2. The topological polar surface area (TPSA) is 66.4 Å². The molecule has 0 spiro atoms. The fourth-order valence-electron chi connectivity index (χ4n) is 2.79. The summed E-state index contributed by atoms with van der Waals surface area (Å²) in [6.07, 6.45) is 2.96. The normalized spacial score (nSPS) is 16.7. The van der Waals surface area contributed by atoms with Crippen LogP contribution in [-0.4, -0.2) is 28.3 Å². The molecule has 1 aromatic rings. The molecule has 0 bridgehead atoms. The van der Waals surface area contributed by atoms with E-state index in [1.165, 1.54) is 24.3 Å². The molecule has 0 aromatic heterocycles. The number of carboxylic acid groups (broad SMARTS) is 1. The second kappa shape index (κ2) is 7.09. The average Bonchev–Trinajstić information content (AvgIpc) is 2.86. The summed E-state index contributed by atoms with van der Waals surface area (Å²) < 4.78 is 24.5. The smallest absolute Gasteiger partial charge is 0.305 e. The summed E-state index contributed by atoms with van der Waals surface area (Å²) in [6.45, 7) is 0. The first-order valence-corrected chi connectivity index (χ1v) is 7.87. The summed E-state index contributed by atoms with van der Waals surface area (Å²) in [6, 6.07) is 5.88. The standard InChI is InChI=1S/C15H17F2NO3S/c16-14(17)22-11-5-3-10(4-6-11)13(21)18-15(9-12(19)20)7-1-2-8-15/h3-6,14H,1-2,7-9H2,(H,18,21)(H,19,20). The molecule has 1 aliphatic rings. The Bertz CT molecular complexity index is 542. The number of hydrogen-bond donors (Lipinski definition) is 2. The average molecular weight is 329 g/mol. The van der Waals surface area contributed by atoms with Crippen LogP contribution >= 0.6 is 11.8 Å². The van der Waals surface area contributed by atoms with Gasteiger partial charge in [0.1, 0.15) is 0 Å². The predicted octanol–water partition coefficient (Wildman–Crippen LogP) is 3.52. The molecule has 0 heterocycles. The van der Waals surface area contributed by atoms with Crippen molar-refractivity contribution in [2.24, 2.45) is 0 Å². The van der Waals surface area contributed by atoms with Gasteiger partial charge < -0.3 is 10.4 Å². The lowest BCUT2D eigenvalue weighted by molar-refractivity contribution is -0.138. The lowest BCUT2D eigenvalue weighted by Gasteiger charge is -2.28. The van der Waals surface area contributed by atoms with E-state index in [2.05, 4.69) is 5.32 Å². The number of rotatable bonds is 6. The molecule has 0 atom stereocenters. The van der Waals surface area contributed by atoms with Crippen LogP contribution in [0.3, 0.4) is 0 Å². The minimum absolute atomic E-state index is 0.0991. The van der Waals surface area contributed by atoms with Gasteiger partial charge in [0.2, 0.25) is 0 Å². The van der Waals surface area contributed by atoms with Gasteiger partial charge in [0, 0.05) is 10.5 Å². The number of amides is 1. The fraction of sp³-hybridized carbons (Fsp3) is 0.467. The van der Waals surface area contributed by atoms with E-state index in [4.69, 9.17) is 5.11 Å². The van der Waals surface area contributed by atoms with Crippen molar-refractivity contribution in [1.82, 2.24) is 5.32 Å². The Labute approximate surface area is 131 Å². The Balaban J connectivity index is 2.05. The van der Waals surface area contributed by atoms with Crippen LogP contribution < -0.4 is 5.32 Å². The van der Waals surface area contributed by atoms with E-state index in [-0.39, 0.29) is 12.3 Å². The van der Waals surface area contributed by atoms with Crippen LogP contribution in [0.25, 0.3) is 0 Å². The Hall–Kier alpha value is -1.63. The summed E-state index contributed by atoms with van der Waals surface area (Å²) in [5.41, 5.74) is -0.352. The van der Waals surface area contributed by atoms with Gasteiger partial charge in [-0.15, -0.1) is 0 Å². The van der Waals surface area contributed by atoms with Gasteiger partial charge in [-0.05, 0) is 37.1 Å². The Morgan fingerprint density at radius 2 is 1.82 bits per heavy atom. The number of carbonyl (C=O) groups excluding carboxylic acids is 1. The molecule has 22 heavy (non-hydrogen) atoms. The van der Waals surface area contributed by atoms with E-state index in [1.807, 2.05) is 0 Å². The van der Waals surface area contributed by atoms with Crippen molar-refractivity contribution in [3.8, 4) is 0 Å². The summed E-state index contributed by atoms with van der Waals surface area (Å²) in [4.78, 5) is 23.6. The maximum Gasteiger partial charge on any atom is 0.305 e. The van der Waals surface area contributed by atoms with Crippen LogP contribution in [-0.2, 0) is 4.79 Å². The van der Waals surface area contributed by atoms with E-state index < -0.39 is 17.3 Å². The minimum Gasteiger partial charge on any atom is -0.481 e. The van der Waals surface area contributed by atoms with Crippen molar-refractivity contribution in [3.63, 3.8) is 0 Å². The number of hydrogen-bond acceptors (Lipinski definition) is 3. The second-order valence-electron chi connectivity index (χ2n) is 5.41. The third-order valence-electron chi connectivity index (χ3n) is 3.77. The summed E-state index contributed by atoms with van der Waals surface area (Å²) in [7, 11) is 0. The molecule has 1 amide bonds. The Morgan fingerprint density at radius 1 is 1.23 bits per heavy atom. The Kier molecular flexibility index (Phi) is 5.39. The molecule has 1 fully saturated rings. The van der Waals surface area contributed by atoms with Crippen molar-refractivity contribution in [1.29, 1.82) is 0 Å². The maximum atomic E-state index is 12.3. The minimum atomic E-state index is -2.50. The van der Waals surface area contributed by atoms with E-state index in [0.29, 0.717) is 35.1 Å². The van der Waals surface area contributed by atoms with E-state index in [9.17, 15) is 18.4 Å². The van der Waals surface area contributed by atoms with Gasteiger partial charge in [0.15, 0.2) is 0 Å². The van der Waals surface area contributed by atoms with Crippen LogP contribution in [0.4, 0.5) is 8.78 Å². The molecule has 7 heteroatoms. The molecule has 0 radical (unpaired) electrons. The predicted molar refractivity (Wildman–Crippen MR) is 79.2 cm³/mol. The number of carboxylic acids is 1. The molecule has 0 saturated heterocycles. The highest BCUT2D eigenvalue weighted by Crippen LogP contribution is 2.33. The quantitative estimate of drug-likeness (QED) is 0.784. The van der Waals surface area contributed by atoms with Gasteiger partial charge in [0.25, 0.3) is 11.7 Å². The van der Waals surface area contributed by atoms with Crippen LogP contribution in [0.2, 0.25) is 0 Å². The molecule has 1 saturated carbocycles. The van der Waals surface area contributed by atoms with Crippen LogP contribution in [0, 0.1) is 0 Å². The van der Waals surface area contributed by atoms with Crippen molar-refractivity contribution < 1.29 is 23.5 Å². The van der Waals surface area contributed by atoms with Gasteiger partial charge in [-0.25, -0.2) is 0 Å². The third kappa shape index (κ3) is 4.43. The zero-order valence-electron chi connectivity index (χ0n) is 11.9. The second-order valence-corrected chi connectivity index (χ2v) is 6.48. The van der Waals surface area contributed by atoms with E-state index in [1.54, 1.807) is 0 Å². The monoisotopic (exact) mass is 329 g/mol. The molecule has 1 aromatic carbocycles. The number of nitrogens with one attached hydrogen (secondary N) is 1. The zero-order valence-corrected chi connectivity index (χ0v) is 12.7. The van der Waals surface area contributed by atoms with Crippen LogP contribution in [0.15, 0.2) is 29.2 Å². The lowest BCUT2D eigenvalue weighted by Crippen LogP contribution is -2.47. The largest absolute Gasteiger partial charge is 0.481 e. The fourth-order valence-corrected chi connectivity index (χ4v) is 3.29. The highest BCUT2D eigenvalue weighted by molar-refractivity contribution is 7.99. The summed E-state index contributed by atoms with van der Waals surface area (Å²) in [5.74, 6) is -3.81. The first-order valence-electron chi connectivity index (χ1n) is 6.99. The summed E-state index contributed by atoms with van der Waals surface area (Å²) in [5, 5.41) is 11.8. The SMILES string of the molecule is O=C(O)CC1(NC(=O)c2ccc(SC(F)F)cc2)CCCC1. The van der Waals surface area contributed by atoms with Gasteiger partial charge >= 0.3 is 5.97 Å². The molecule has 120 valence electrons. The first kappa shape index (κ1) is 16.7. The molecule has 1 aliphatic carbocycles. The molecule has 4 nitrogen and oxygen atoms in total. The summed E-state index contributed by atoms with van der Waals surface area (Å²) >= 11 is 0.417. The molecular formula is C15H17F2NO3S. The van der Waals surface area contributed by atoms with Crippen LogP contribution in [0.5, 0.6) is 0 Å². The third-order valence-corrected chi connectivity index (χ3v) is 4.49. The highest BCUT2D eigenvalue weighted by Gasteiger charge is 2.37. The maximum absolute atomic E-state index is 12.3. The molecular weight excluding hydrogens is 312 g/mol. The van der Waals surface area contributed by atoms with E-state index >= 15 is 0 Å². The number of aliphatic carboxylic acids is 1. The van der Waals surface area contributed by atoms with Crippen LogP contribution in [0.1, 0.15) is 42.5 Å². The highest BCUT2D eigenvalue weighted by atomic mass is 32.2. The Morgan fingerprint density at radius 3 is 2.32 bits per heavy atom. The van der Waals surface area contributed by atoms with Gasteiger partial charge in [-0.2, -0.15) is 8.78 Å². The van der Waals surface area contributed by atoms with Crippen molar-refractivity contribution in [2.45, 2.75) is 48.3 Å². The van der Waals surface area contributed by atoms with Crippen molar-refractivity contribution >= 4 is 23.6 Å². The first-order chi connectivity index (χ1) is 10.4. The molecule has 0 aliphatic heterocycles. The number of thioether (sulfide) groups is 1. The number of carbonyl (C=O) groups is 2.